The van der Waals surface area contributed by atoms with Gasteiger partial charge in [0.1, 0.15) is 0 Å². The van der Waals surface area contributed by atoms with Crippen molar-refractivity contribution in [1.29, 1.82) is 0 Å². The molecule has 0 radical (unpaired) electrons. The highest BCUT2D eigenvalue weighted by Crippen LogP contribution is 2.33. The first-order valence-corrected chi connectivity index (χ1v) is 8.18. The van der Waals surface area contributed by atoms with Crippen molar-refractivity contribution in [2.75, 3.05) is 26.2 Å². The highest BCUT2D eigenvalue weighted by atomic mass is 16.5. The lowest BCUT2D eigenvalue weighted by atomic mass is 9.79. The summed E-state index contributed by atoms with van der Waals surface area (Å²) >= 11 is 0. The predicted octanol–water partition coefficient (Wildman–Crippen LogP) is 2.59. The van der Waals surface area contributed by atoms with E-state index >= 15 is 0 Å². The standard InChI is InChI=1S/C16H31NO3/c1-4-8-14(15(18)20-6-3)16(19)9-7-12-17(11-5-2)13-10-16/h14,19H,4-13H2,1-3H3. The van der Waals surface area contributed by atoms with Gasteiger partial charge in [-0.1, -0.05) is 20.3 Å². The Balaban J connectivity index is 2.74. The minimum Gasteiger partial charge on any atom is -0.466 e. The maximum Gasteiger partial charge on any atom is 0.311 e. The van der Waals surface area contributed by atoms with Crippen LogP contribution in [0.25, 0.3) is 0 Å². The van der Waals surface area contributed by atoms with Crippen molar-refractivity contribution in [2.45, 2.75) is 64.9 Å². The molecule has 0 aromatic carbocycles. The van der Waals surface area contributed by atoms with Gasteiger partial charge in [-0.05, 0) is 52.1 Å². The Labute approximate surface area is 123 Å². The van der Waals surface area contributed by atoms with Crippen LogP contribution in [0, 0.1) is 5.92 Å². The van der Waals surface area contributed by atoms with Crippen molar-refractivity contribution < 1.29 is 14.6 Å². The van der Waals surface area contributed by atoms with Crippen LogP contribution >= 0.6 is 0 Å². The van der Waals surface area contributed by atoms with E-state index in [1.54, 1.807) is 0 Å². The molecule has 0 bridgehead atoms. The van der Waals surface area contributed by atoms with Crippen LogP contribution in [0.2, 0.25) is 0 Å². The van der Waals surface area contributed by atoms with Crippen LogP contribution in [0.15, 0.2) is 0 Å². The normalized spacial score (nSPS) is 26.0. The molecular formula is C16H31NO3. The Morgan fingerprint density at radius 2 is 2.00 bits per heavy atom. The summed E-state index contributed by atoms with van der Waals surface area (Å²) in [5.41, 5.74) is -0.884. The van der Waals surface area contributed by atoms with Crippen molar-refractivity contribution in [3.8, 4) is 0 Å². The molecule has 1 fully saturated rings. The van der Waals surface area contributed by atoms with Crippen molar-refractivity contribution >= 4 is 5.97 Å². The highest BCUT2D eigenvalue weighted by molar-refractivity contribution is 5.73. The molecule has 0 spiro atoms. The molecule has 0 aromatic rings. The summed E-state index contributed by atoms with van der Waals surface area (Å²) in [4.78, 5) is 14.6. The summed E-state index contributed by atoms with van der Waals surface area (Å²) in [6.07, 6.45) is 5.07. The molecule has 2 unspecified atom stereocenters. The molecule has 0 aromatic heterocycles. The first kappa shape index (κ1) is 17.4. The smallest absolute Gasteiger partial charge is 0.311 e. The van der Waals surface area contributed by atoms with Gasteiger partial charge in [-0.25, -0.2) is 0 Å². The van der Waals surface area contributed by atoms with Crippen LogP contribution in [0.4, 0.5) is 0 Å². The van der Waals surface area contributed by atoms with E-state index in [0.717, 1.165) is 38.9 Å². The van der Waals surface area contributed by atoms with Gasteiger partial charge in [0.05, 0.1) is 18.1 Å². The lowest BCUT2D eigenvalue weighted by Crippen LogP contribution is -2.44. The minimum atomic E-state index is -0.884. The number of esters is 1. The first-order valence-electron chi connectivity index (χ1n) is 8.18. The van der Waals surface area contributed by atoms with E-state index in [2.05, 4.69) is 18.7 Å². The van der Waals surface area contributed by atoms with E-state index in [9.17, 15) is 9.90 Å². The lowest BCUT2D eigenvalue weighted by molar-refractivity contribution is -0.160. The van der Waals surface area contributed by atoms with Gasteiger partial charge in [0, 0.05) is 6.54 Å². The van der Waals surface area contributed by atoms with E-state index in [4.69, 9.17) is 4.74 Å². The van der Waals surface area contributed by atoms with Crippen LogP contribution in [-0.4, -0.2) is 47.8 Å². The molecule has 1 aliphatic rings. The Hall–Kier alpha value is -0.610. The molecule has 0 saturated carbocycles. The molecule has 2 atom stereocenters. The Bertz CT molecular complexity index is 295. The number of aliphatic hydroxyl groups is 1. The van der Waals surface area contributed by atoms with Crippen molar-refractivity contribution in [3.63, 3.8) is 0 Å². The first-order chi connectivity index (χ1) is 9.57. The fraction of sp³-hybridized carbons (Fsp3) is 0.938. The van der Waals surface area contributed by atoms with E-state index in [1.807, 2.05) is 6.92 Å². The summed E-state index contributed by atoms with van der Waals surface area (Å²) in [7, 11) is 0. The SMILES string of the molecule is CCCC(C(=O)OCC)C1(O)CCCN(CCC)CC1. The van der Waals surface area contributed by atoms with Gasteiger partial charge >= 0.3 is 5.97 Å². The van der Waals surface area contributed by atoms with E-state index in [0.29, 0.717) is 25.9 Å². The molecule has 0 amide bonds. The molecule has 1 rings (SSSR count). The molecule has 0 aliphatic carbocycles. The van der Waals surface area contributed by atoms with Crippen molar-refractivity contribution in [1.82, 2.24) is 4.90 Å². The van der Waals surface area contributed by atoms with Crippen LogP contribution in [0.1, 0.15) is 59.3 Å². The van der Waals surface area contributed by atoms with Gasteiger partial charge < -0.3 is 14.7 Å². The van der Waals surface area contributed by atoms with Crippen LogP contribution in [0.3, 0.4) is 0 Å². The number of carbonyl (C=O) groups excluding carboxylic acids is 1. The number of likely N-dealkylation sites (tertiary alicyclic amines) is 1. The average molecular weight is 285 g/mol. The molecule has 1 N–H and O–H groups in total. The topological polar surface area (TPSA) is 49.8 Å². The number of nitrogens with zero attached hydrogens (tertiary/aromatic N) is 1. The zero-order valence-corrected chi connectivity index (χ0v) is 13.4. The summed E-state index contributed by atoms with van der Waals surface area (Å²) in [6.45, 7) is 9.42. The average Bonchev–Trinajstić information content (AvgIpc) is 2.60. The van der Waals surface area contributed by atoms with Crippen molar-refractivity contribution in [3.05, 3.63) is 0 Å². The Kier molecular flexibility index (Phi) is 7.52. The summed E-state index contributed by atoms with van der Waals surface area (Å²) in [5.74, 6) is -0.588. The fourth-order valence-corrected chi connectivity index (χ4v) is 3.22. The molecule has 1 saturated heterocycles. The molecule has 4 heteroatoms. The second-order valence-electron chi connectivity index (χ2n) is 5.89. The highest BCUT2D eigenvalue weighted by Gasteiger charge is 2.42. The van der Waals surface area contributed by atoms with Crippen molar-refractivity contribution in [2.24, 2.45) is 5.92 Å². The zero-order valence-electron chi connectivity index (χ0n) is 13.4. The van der Waals surface area contributed by atoms with Gasteiger partial charge in [0.2, 0.25) is 0 Å². The molecule has 1 aliphatic heterocycles. The third-order valence-corrected chi connectivity index (χ3v) is 4.28. The maximum atomic E-state index is 12.2. The van der Waals surface area contributed by atoms with Gasteiger partial charge in [0.25, 0.3) is 0 Å². The number of rotatable bonds is 7. The van der Waals surface area contributed by atoms with E-state index < -0.39 is 5.60 Å². The largest absolute Gasteiger partial charge is 0.466 e. The third kappa shape index (κ3) is 4.74. The number of ether oxygens (including phenoxy) is 1. The summed E-state index contributed by atoms with van der Waals surface area (Å²) in [5, 5.41) is 11.0. The third-order valence-electron chi connectivity index (χ3n) is 4.28. The molecule has 1 heterocycles. The second kappa shape index (κ2) is 8.63. The maximum absolute atomic E-state index is 12.2. The molecule has 4 nitrogen and oxygen atoms in total. The van der Waals surface area contributed by atoms with Gasteiger partial charge in [-0.15, -0.1) is 0 Å². The van der Waals surface area contributed by atoms with Gasteiger partial charge in [-0.3, -0.25) is 4.79 Å². The lowest BCUT2D eigenvalue weighted by Gasteiger charge is -2.34. The second-order valence-corrected chi connectivity index (χ2v) is 5.89. The molecular weight excluding hydrogens is 254 g/mol. The Morgan fingerprint density at radius 3 is 2.60 bits per heavy atom. The molecule has 118 valence electrons. The van der Waals surface area contributed by atoms with Crippen LogP contribution in [-0.2, 0) is 9.53 Å². The van der Waals surface area contributed by atoms with E-state index in [-0.39, 0.29) is 11.9 Å². The zero-order chi connectivity index (χ0) is 15.0. The van der Waals surface area contributed by atoms with Gasteiger partial charge in [0.15, 0.2) is 0 Å². The van der Waals surface area contributed by atoms with Gasteiger partial charge in [-0.2, -0.15) is 0 Å². The molecule has 20 heavy (non-hydrogen) atoms. The number of carbonyl (C=O) groups is 1. The number of hydrogen-bond acceptors (Lipinski definition) is 4. The quantitative estimate of drug-likeness (QED) is 0.731. The monoisotopic (exact) mass is 285 g/mol. The van der Waals surface area contributed by atoms with Crippen LogP contribution < -0.4 is 0 Å². The minimum absolute atomic E-state index is 0.221. The summed E-state index contributed by atoms with van der Waals surface area (Å²) in [6, 6.07) is 0. The number of hydrogen-bond donors (Lipinski definition) is 1. The van der Waals surface area contributed by atoms with E-state index in [1.165, 1.54) is 0 Å². The fourth-order valence-electron chi connectivity index (χ4n) is 3.22. The Morgan fingerprint density at radius 1 is 1.25 bits per heavy atom. The van der Waals surface area contributed by atoms with Crippen LogP contribution in [0.5, 0.6) is 0 Å². The predicted molar refractivity (Wildman–Crippen MR) is 80.6 cm³/mol. The summed E-state index contributed by atoms with van der Waals surface area (Å²) < 4.78 is 5.18.